The summed E-state index contributed by atoms with van der Waals surface area (Å²) in [5.74, 6) is -1.46. The molecular weight excluding hydrogens is 282 g/mol. The Labute approximate surface area is 120 Å². The zero-order chi connectivity index (χ0) is 14.9. The monoisotopic (exact) mass is 305 g/mol. The van der Waals surface area contributed by atoms with Crippen molar-refractivity contribution >= 4 is 16.0 Å². The molecule has 20 heavy (non-hydrogen) atoms. The van der Waals surface area contributed by atoms with E-state index in [1.165, 1.54) is 4.31 Å². The van der Waals surface area contributed by atoms with Crippen molar-refractivity contribution < 1.29 is 23.1 Å². The fourth-order valence-electron chi connectivity index (χ4n) is 3.45. The van der Waals surface area contributed by atoms with Crippen molar-refractivity contribution in [1.29, 1.82) is 0 Å². The van der Waals surface area contributed by atoms with Crippen molar-refractivity contribution in [3.63, 3.8) is 0 Å². The standard InChI is InChI=1S/C13H23NO5S/c1-3-19-7-9(2)8-20(17,18)14-10-4-5-12(14)11(6-10)13(15)16/h9-12H,3-8H2,1-2H3,(H,15,16). The predicted octanol–water partition coefficient (Wildman–Crippen LogP) is 0.926. The molecular formula is C13H23NO5S. The van der Waals surface area contributed by atoms with Gasteiger partial charge in [0.2, 0.25) is 10.0 Å². The van der Waals surface area contributed by atoms with Gasteiger partial charge in [0.25, 0.3) is 0 Å². The number of fused-ring (bicyclic) bond motifs is 2. The van der Waals surface area contributed by atoms with Crippen LogP contribution in [-0.4, -0.2) is 54.8 Å². The second-order valence-corrected chi connectivity index (χ2v) is 7.77. The summed E-state index contributed by atoms with van der Waals surface area (Å²) < 4.78 is 31.8. The second kappa shape index (κ2) is 5.99. The molecule has 0 aromatic heterocycles. The largest absolute Gasteiger partial charge is 0.481 e. The van der Waals surface area contributed by atoms with E-state index in [1.54, 1.807) is 0 Å². The van der Waals surface area contributed by atoms with Gasteiger partial charge in [0.15, 0.2) is 0 Å². The normalized spacial score (nSPS) is 31.6. The molecule has 2 aliphatic rings. The molecule has 2 heterocycles. The van der Waals surface area contributed by atoms with Crippen LogP contribution in [0.1, 0.15) is 33.1 Å². The van der Waals surface area contributed by atoms with E-state index >= 15 is 0 Å². The molecule has 0 aromatic rings. The van der Waals surface area contributed by atoms with Crippen LogP contribution >= 0.6 is 0 Å². The molecule has 2 saturated heterocycles. The van der Waals surface area contributed by atoms with Gasteiger partial charge in [-0.2, -0.15) is 4.31 Å². The highest BCUT2D eigenvalue weighted by Gasteiger charge is 2.54. The summed E-state index contributed by atoms with van der Waals surface area (Å²) >= 11 is 0. The van der Waals surface area contributed by atoms with Gasteiger partial charge < -0.3 is 9.84 Å². The number of rotatable bonds is 7. The van der Waals surface area contributed by atoms with Gasteiger partial charge in [-0.05, 0) is 32.1 Å². The van der Waals surface area contributed by atoms with Gasteiger partial charge in [-0.15, -0.1) is 0 Å². The molecule has 0 amide bonds. The SMILES string of the molecule is CCOCC(C)CS(=O)(=O)N1C2CCC1C(C(=O)O)C2. The molecule has 0 aliphatic carbocycles. The zero-order valence-electron chi connectivity index (χ0n) is 12.0. The molecule has 7 heteroatoms. The molecule has 4 unspecified atom stereocenters. The second-order valence-electron chi connectivity index (χ2n) is 5.85. The maximum atomic E-state index is 12.5. The Bertz CT molecular complexity index is 463. The average molecular weight is 305 g/mol. The van der Waals surface area contributed by atoms with Gasteiger partial charge in [-0.3, -0.25) is 4.79 Å². The lowest BCUT2D eigenvalue weighted by atomic mass is 9.89. The number of carboxylic acid groups (broad SMARTS) is 1. The van der Waals surface area contributed by atoms with E-state index in [1.807, 2.05) is 13.8 Å². The van der Waals surface area contributed by atoms with E-state index in [4.69, 9.17) is 4.74 Å². The quantitative estimate of drug-likeness (QED) is 0.756. The van der Waals surface area contributed by atoms with Crippen molar-refractivity contribution in [3.05, 3.63) is 0 Å². The molecule has 6 nitrogen and oxygen atoms in total. The number of carbonyl (C=O) groups is 1. The first-order valence-corrected chi connectivity index (χ1v) is 8.79. The van der Waals surface area contributed by atoms with Crippen molar-refractivity contribution in [3.8, 4) is 0 Å². The van der Waals surface area contributed by atoms with Crippen LogP contribution in [0.25, 0.3) is 0 Å². The molecule has 2 fully saturated rings. The highest BCUT2D eigenvalue weighted by molar-refractivity contribution is 7.89. The lowest BCUT2D eigenvalue weighted by Crippen LogP contribution is -2.40. The maximum absolute atomic E-state index is 12.5. The van der Waals surface area contributed by atoms with Crippen LogP contribution in [0, 0.1) is 11.8 Å². The van der Waals surface area contributed by atoms with E-state index in [-0.39, 0.29) is 23.8 Å². The van der Waals surface area contributed by atoms with Gasteiger partial charge in [0.05, 0.1) is 18.3 Å². The summed E-state index contributed by atoms with van der Waals surface area (Å²) in [5.41, 5.74) is 0. The van der Waals surface area contributed by atoms with Crippen molar-refractivity contribution in [2.75, 3.05) is 19.0 Å². The molecule has 0 spiro atoms. The lowest BCUT2D eigenvalue weighted by molar-refractivity contribution is -0.142. The van der Waals surface area contributed by atoms with Gasteiger partial charge in [0.1, 0.15) is 0 Å². The van der Waals surface area contributed by atoms with Crippen LogP contribution in [0.15, 0.2) is 0 Å². The van der Waals surface area contributed by atoms with Gasteiger partial charge in [0, 0.05) is 18.7 Å². The minimum atomic E-state index is -3.40. The third-order valence-corrected chi connectivity index (χ3v) is 6.41. The van der Waals surface area contributed by atoms with Crippen molar-refractivity contribution in [2.45, 2.75) is 45.2 Å². The van der Waals surface area contributed by atoms with Crippen molar-refractivity contribution in [2.24, 2.45) is 11.8 Å². The highest BCUT2D eigenvalue weighted by atomic mass is 32.2. The van der Waals surface area contributed by atoms with Gasteiger partial charge >= 0.3 is 5.97 Å². The minimum absolute atomic E-state index is 0.0341. The fraction of sp³-hybridized carbons (Fsp3) is 0.923. The Hall–Kier alpha value is -0.660. The summed E-state index contributed by atoms with van der Waals surface area (Å²) in [6.45, 7) is 4.71. The van der Waals surface area contributed by atoms with Crippen LogP contribution < -0.4 is 0 Å². The Morgan fingerprint density at radius 1 is 1.45 bits per heavy atom. The Kier molecular flexibility index (Phi) is 4.71. The number of ether oxygens (including phenoxy) is 1. The number of hydrogen-bond acceptors (Lipinski definition) is 4. The number of carboxylic acids is 1. The molecule has 1 N–H and O–H groups in total. The zero-order valence-corrected chi connectivity index (χ0v) is 12.8. The molecule has 2 bridgehead atoms. The summed E-state index contributed by atoms with van der Waals surface area (Å²) in [6, 6.07) is -0.466. The van der Waals surface area contributed by atoms with E-state index < -0.39 is 21.9 Å². The first-order valence-electron chi connectivity index (χ1n) is 7.18. The molecule has 0 aromatic carbocycles. The fourth-order valence-corrected chi connectivity index (χ4v) is 5.75. The van der Waals surface area contributed by atoms with Crippen LogP contribution in [0.3, 0.4) is 0 Å². The molecule has 0 radical (unpaired) electrons. The van der Waals surface area contributed by atoms with Crippen LogP contribution in [-0.2, 0) is 19.6 Å². The molecule has 116 valence electrons. The molecule has 2 rings (SSSR count). The van der Waals surface area contributed by atoms with E-state index in [0.717, 1.165) is 6.42 Å². The number of sulfonamides is 1. The Morgan fingerprint density at radius 3 is 2.70 bits per heavy atom. The van der Waals surface area contributed by atoms with Crippen LogP contribution in [0.4, 0.5) is 0 Å². The lowest BCUT2D eigenvalue weighted by Gasteiger charge is -2.24. The molecule has 0 saturated carbocycles. The smallest absolute Gasteiger partial charge is 0.308 e. The Morgan fingerprint density at radius 2 is 2.15 bits per heavy atom. The number of nitrogens with zero attached hydrogens (tertiary/aromatic N) is 1. The first kappa shape index (κ1) is 15.7. The van der Waals surface area contributed by atoms with Gasteiger partial charge in [-0.1, -0.05) is 6.92 Å². The third kappa shape index (κ3) is 2.99. The topological polar surface area (TPSA) is 83.9 Å². The molecule has 4 atom stereocenters. The third-order valence-electron chi connectivity index (χ3n) is 4.21. The number of hydrogen-bond donors (Lipinski definition) is 1. The predicted molar refractivity (Wildman–Crippen MR) is 73.8 cm³/mol. The summed E-state index contributed by atoms with van der Waals surface area (Å²) in [5, 5.41) is 9.18. The Balaban J connectivity index is 2.05. The maximum Gasteiger partial charge on any atom is 0.308 e. The van der Waals surface area contributed by atoms with Crippen LogP contribution in [0.2, 0.25) is 0 Å². The summed E-state index contributed by atoms with van der Waals surface area (Å²) in [6.07, 6.45) is 1.91. The van der Waals surface area contributed by atoms with E-state index in [0.29, 0.717) is 26.1 Å². The minimum Gasteiger partial charge on any atom is -0.481 e. The average Bonchev–Trinajstić information content (AvgIpc) is 2.93. The van der Waals surface area contributed by atoms with Crippen molar-refractivity contribution in [1.82, 2.24) is 4.31 Å². The summed E-state index contributed by atoms with van der Waals surface area (Å²) in [7, 11) is -3.40. The number of aliphatic carboxylic acids is 1. The van der Waals surface area contributed by atoms with Gasteiger partial charge in [-0.25, -0.2) is 8.42 Å². The summed E-state index contributed by atoms with van der Waals surface area (Å²) in [4.78, 5) is 11.2. The van der Waals surface area contributed by atoms with E-state index in [9.17, 15) is 18.3 Å². The first-order chi connectivity index (χ1) is 9.36. The van der Waals surface area contributed by atoms with E-state index in [2.05, 4.69) is 0 Å². The van der Waals surface area contributed by atoms with Crippen LogP contribution in [0.5, 0.6) is 0 Å². The highest BCUT2D eigenvalue weighted by Crippen LogP contribution is 2.43. The molecule has 2 aliphatic heterocycles.